The van der Waals surface area contributed by atoms with Crippen LogP contribution in [0.3, 0.4) is 0 Å². The van der Waals surface area contributed by atoms with Gasteiger partial charge < -0.3 is 9.64 Å². The summed E-state index contributed by atoms with van der Waals surface area (Å²) in [7, 11) is 3.44. The molecule has 0 bridgehead atoms. The van der Waals surface area contributed by atoms with Gasteiger partial charge in [0.05, 0.1) is 18.9 Å². The normalized spacial score (nSPS) is 9.90. The molecule has 1 heterocycles. The van der Waals surface area contributed by atoms with Crippen LogP contribution in [0.1, 0.15) is 5.56 Å². The maximum Gasteiger partial charge on any atom is 0.151 e. The van der Waals surface area contributed by atoms with E-state index < -0.39 is 0 Å². The zero-order chi connectivity index (χ0) is 14.5. The molecule has 0 aliphatic heterocycles. The molecule has 5 nitrogen and oxygen atoms in total. The quantitative estimate of drug-likeness (QED) is 0.797. The number of rotatable bonds is 4. The van der Waals surface area contributed by atoms with Gasteiger partial charge in [0, 0.05) is 12.6 Å². The molecule has 1 aromatic heterocycles. The first-order chi connectivity index (χ1) is 9.65. The maximum absolute atomic E-state index is 8.67. The lowest BCUT2D eigenvalue weighted by Crippen LogP contribution is -2.18. The molecule has 1 aromatic carbocycles. The Bertz CT molecular complexity index is 631. The Morgan fingerprint density at radius 1 is 1.25 bits per heavy atom. The van der Waals surface area contributed by atoms with Gasteiger partial charge >= 0.3 is 0 Å². The monoisotopic (exact) mass is 268 g/mol. The highest BCUT2D eigenvalue weighted by molar-refractivity contribution is 5.68. The maximum atomic E-state index is 8.67. The third-order valence-corrected chi connectivity index (χ3v) is 2.98. The average molecular weight is 268 g/mol. The Kier molecular flexibility index (Phi) is 4.16. The second-order valence-electron chi connectivity index (χ2n) is 4.49. The molecule has 0 spiro atoms. The van der Waals surface area contributed by atoms with E-state index in [4.69, 9.17) is 10.00 Å². The fourth-order valence-electron chi connectivity index (χ4n) is 1.88. The van der Waals surface area contributed by atoms with E-state index in [0.717, 1.165) is 22.6 Å². The van der Waals surface area contributed by atoms with Crippen molar-refractivity contribution in [1.82, 2.24) is 10.2 Å². The van der Waals surface area contributed by atoms with E-state index in [1.54, 1.807) is 19.1 Å². The van der Waals surface area contributed by atoms with Crippen LogP contribution in [0.15, 0.2) is 30.3 Å². The minimum atomic E-state index is 0.280. The minimum Gasteiger partial charge on any atom is -0.496 e. The fraction of sp³-hybridized carbons (Fsp3) is 0.267. The number of nitrogens with zero attached hydrogens (tertiary/aromatic N) is 4. The van der Waals surface area contributed by atoms with Crippen molar-refractivity contribution < 1.29 is 4.74 Å². The van der Waals surface area contributed by atoms with Crippen LogP contribution in [0.25, 0.3) is 11.3 Å². The van der Waals surface area contributed by atoms with Crippen LogP contribution in [0.2, 0.25) is 0 Å². The van der Waals surface area contributed by atoms with E-state index in [9.17, 15) is 0 Å². The van der Waals surface area contributed by atoms with Crippen LogP contribution in [0.5, 0.6) is 5.75 Å². The van der Waals surface area contributed by atoms with Gasteiger partial charge in [-0.3, -0.25) is 0 Å². The van der Waals surface area contributed by atoms with Gasteiger partial charge in [0.1, 0.15) is 12.3 Å². The van der Waals surface area contributed by atoms with Crippen molar-refractivity contribution >= 4 is 5.82 Å². The Morgan fingerprint density at radius 2 is 2.05 bits per heavy atom. The topological polar surface area (TPSA) is 62.0 Å². The van der Waals surface area contributed by atoms with Crippen LogP contribution in [0.4, 0.5) is 5.82 Å². The smallest absolute Gasteiger partial charge is 0.151 e. The molecular weight excluding hydrogens is 252 g/mol. The largest absolute Gasteiger partial charge is 0.496 e. The van der Waals surface area contributed by atoms with E-state index in [0.29, 0.717) is 5.82 Å². The molecule has 0 aliphatic rings. The van der Waals surface area contributed by atoms with Gasteiger partial charge in [0.2, 0.25) is 0 Å². The standard InChI is InChI=1S/C15H16N4O/c1-11-4-6-14(20-3)12(10-11)13-5-7-15(18-17-13)19(2)9-8-16/h4-7,10H,9H2,1-3H3. The highest BCUT2D eigenvalue weighted by atomic mass is 16.5. The van der Waals surface area contributed by atoms with Crippen molar-refractivity contribution in [3.63, 3.8) is 0 Å². The summed E-state index contributed by atoms with van der Waals surface area (Å²) in [4.78, 5) is 1.74. The zero-order valence-electron chi connectivity index (χ0n) is 11.8. The Labute approximate surface area is 118 Å². The minimum absolute atomic E-state index is 0.280. The number of nitriles is 1. The van der Waals surface area contributed by atoms with Crippen LogP contribution in [0, 0.1) is 18.3 Å². The van der Waals surface area contributed by atoms with Crippen molar-refractivity contribution in [2.45, 2.75) is 6.92 Å². The first kappa shape index (κ1) is 13.8. The second-order valence-corrected chi connectivity index (χ2v) is 4.49. The molecule has 2 aromatic rings. The fourth-order valence-corrected chi connectivity index (χ4v) is 1.88. The van der Waals surface area contributed by atoms with Crippen molar-refractivity contribution in [1.29, 1.82) is 5.26 Å². The molecular formula is C15H16N4O. The number of hydrogen-bond acceptors (Lipinski definition) is 5. The van der Waals surface area contributed by atoms with E-state index in [1.807, 2.05) is 37.3 Å². The van der Waals surface area contributed by atoms with Crippen LogP contribution < -0.4 is 9.64 Å². The van der Waals surface area contributed by atoms with Crippen molar-refractivity contribution in [2.24, 2.45) is 0 Å². The summed E-state index contributed by atoms with van der Waals surface area (Å²) in [6, 6.07) is 11.7. The SMILES string of the molecule is COc1ccc(C)cc1-c1ccc(N(C)CC#N)nn1. The van der Waals surface area contributed by atoms with Crippen LogP contribution in [-0.2, 0) is 0 Å². The summed E-state index contributed by atoms with van der Waals surface area (Å²) in [5, 5.41) is 17.0. The second kappa shape index (κ2) is 6.02. The zero-order valence-corrected chi connectivity index (χ0v) is 11.8. The molecule has 0 atom stereocenters. The summed E-state index contributed by atoms with van der Waals surface area (Å²) in [6.45, 7) is 2.30. The van der Waals surface area contributed by atoms with Gasteiger partial charge in [-0.05, 0) is 31.2 Å². The third-order valence-electron chi connectivity index (χ3n) is 2.98. The van der Waals surface area contributed by atoms with Gasteiger partial charge in [-0.25, -0.2) is 0 Å². The lowest BCUT2D eigenvalue weighted by molar-refractivity contribution is 0.416. The summed E-state index contributed by atoms with van der Waals surface area (Å²) >= 11 is 0. The molecule has 0 saturated carbocycles. The molecule has 0 radical (unpaired) electrons. The Hall–Kier alpha value is -2.61. The number of aromatic nitrogens is 2. The highest BCUT2D eigenvalue weighted by Gasteiger charge is 2.09. The molecule has 102 valence electrons. The number of aryl methyl sites for hydroxylation is 1. The molecule has 0 amide bonds. The number of benzene rings is 1. The molecule has 0 saturated heterocycles. The molecule has 0 unspecified atom stereocenters. The highest BCUT2D eigenvalue weighted by Crippen LogP contribution is 2.29. The summed E-state index contributed by atoms with van der Waals surface area (Å²) in [6.07, 6.45) is 0. The number of ether oxygens (including phenoxy) is 1. The predicted octanol–water partition coefficient (Wildman–Crippen LogP) is 2.42. The van der Waals surface area contributed by atoms with Gasteiger partial charge in [0.15, 0.2) is 5.82 Å². The summed E-state index contributed by atoms with van der Waals surface area (Å²) < 4.78 is 5.35. The number of anilines is 1. The predicted molar refractivity (Wildman–Crippen MR) is 77.6 cm³/mol. The van der Waals surface area contributed by atoms with Gasteiger partial charge in [0.25, 0.3) is 0 Å². The molecule has 0 fully saturated rings. The average Bonchev–Trinajstić information content (AvgIpc) is 2.47. The van der Waals surface area contributed by atoms with Crippen molar-refractivity contribution in [3.8, 4) is 23.1 Å². The molecule has 0 aliphatic carbocycles. The Balaban J connectivity index is 2.35. The molecule has 0 N–H and O–H groups in total. The van der Waals surface area contributed by atoms with Gasteiger partial charge in [-0.15, -0.1) is 10.2 Å². The molecule has 20 heavy (non-hydrogen) atoms. The summed E-state index contributed by atoms with van der Waals surface area (Å²) in [5.74, 6) is 1.44. The van der Waals surface area contributed by atoms with Crippen LogP contribution in [-0.4, -0.2) is 30.9 Å². The first-order valence-electron chi connectivity index (χ1n) is 6.22. The van der Waals surface area contributed by atoms with Crippen molar-refractivity contribution in [2.75, 3.05) is 25.6 Å². The first-order valence-corrected chi connectivity index (χ1v) is 6.22. The third kappa shape index (κ3) is 2.86. The lowest BCUT2D eigenvalue weighted by Gasteiger charge is -2.14. The van der Waals surface area contributed by atoms with Crippen molar-refractivity contribution in [3.05, 3.63) is 35.9 Å². The Morgan fingerprint density at radius 3 is 2.65 bits per heavy atom. The number of hydrogen-bond donors (Lipinski definition) is 0. The van der Waals surface area contributed by atoms with E-state index in [2.05, 4.69) is 16.3 Å². The molecule has 5 heteroatoms. The van der Waals surface area contributed by atoms with Crippen LogP contribution >= 0.6 is 0 Å². The lowest BCUT2D eigenvalue weighted by atomic mass is 10.1. The number of methoxy groups -OCH3 is 1. The van der Waals surface area contributed by atoms with Gasteiger partial charge in [-0.2, -0.15) is 5.26 Å². The van der Waals surface area contributed by atoms with Gasteiger partial charge in [-0.1, -0.05) is 11.6 Å². The summed E-state index contributed by atoms with van der Waals surface area (Å²) in [5.41, 5.74) is 2.79. The van der Waals surface area contributed by atoms with E-state index in [1.165, 1.54) is 0 Å². The molecule has 2 rings (SSSR count). The van der Waals surface area contributed by atoms with E-state index in [-0.39, 0.29) is 6.54 Å². The van der Waals surface area contributed by atoms with E-state index >= 15 is 0 Å².